The van der Waals surface area contributed by atoms with E-state index in [0.29, 0.717) is 0 Å². The van der Waals surface area contributed by atoms with Crippen LogP contribution in [-0.4, -0.2) is 0 Å². The number of halogens is 1. The molecule has 0 saturated carbocycles. The highest BCUT2D eigenvalue weighted by Gasteiger charge is 2.03. The van der Waals surface area contributed by atoms with Crippen molar-refractivity contribution < 1.29 is 0 Å². The number of hydrogen-bond donors (Lipinski definition) is 1. The summed E-state index contributed by atoms with van der Waals surface area (Å²) in [7, 11) is 0. The van der Waals surface area contributed by atoms with Gasteiger partial charge in [-0.1, -0.05) is 23.7 Å². The van der Waals surface area contributed by atoms with E-state index in [0.717, 1.165) is 10.6 Å². The third-order valence-electron chi connectivity index (χ3n) is 1.61. The van der Waals surface area contributed by atoms with Crippen LogP contribution in [0.25, 0.3) is 0 Å². The molecule has 1 aromatic rings. The minimum atomic E-state index is 0.211. The zero-order valence-electron chi connectivity index (χ0n) is 6.63. The van der Waals surface area contributed by atoms with E-state index in [4.69, 9.17) is 11.6 Å². The Labute approximate surface area is 78.0 Å². The molecule has 0 aromatic heterocycles. The highest BCUT2D eigenvalue weighted by molar-refractivity contribution is 7.80. The average Bonchev–Trinajstić information content (AvgIpc) is 1.85. The van der Waals surface area contributed by atoms with Crippen molar-refractivity contribution in [3.8, 4) is 0 Å². The van der Waals surface area contributed by atoms with Gasteiger partial charge in [-0.25, -0.2) is 0 Å². The monoisotopic (exact) mass is 186 g/mol. The summed E-state index contributed by atoms with van der Waals surface area (Å²) in [5.74, 6) is 0. The number of hydrogen-bond acceptors (Lipinski definition) is 1. The van der Waals surface area contributed by atoms with E-state index >= 15 is 0 Å². The van der Waals surface area contributed by atoms with Crippen molar-refractivity contribution in [1.82, 2.24) is 0 Å². The Bertz CT molecular complexity index is 256. The fraction of sp³-hybridized carbons (Fsp3) is 0.333. The van der Waals surface area contributed by atoms with Crippen LogP contribution in [0.1, 0.15) is 23.3 Å². The Hall–Kier alpha value is -0.140. The molecule has 0 aliphatic heterocycles. The Morgan fingerprint density at radius 3 is 2.55 bits per heavy atom. The molecule has 1 atom stereocenters. The average molecular weight is 187 g/mol. The molecule has 0 N–H and O–H groups in total. The Kier molecular flexibility index (Phi) is 2.85. The molecule has 0 aliphatic rings. The topological polar surface area (TPSA) is 0 Å². The molecule has 0 amide bonds. The van der Waals surface area contributed by atoms with Crippen molar-refractivity contribution >= 4 is 24.2 Å². The van der Waals surface area contributed by atoms with Gasteiger partial charge in [0, 0.05) is 10.3 Å². The molecule has 0 spiro atoms. The van der Waals surface area contributed by atoms with Crippen LogP contribution in [-0.2, 0) is 0 Å². The lowest BCUT2D eigenvalue weighted by Crippen LogP contribution is -1.86. The van der Waals surface area contributed by atoms with E-state index in [1.807, 2.05) is 32.0 Å². The second-order valence-electron chi connectivity index (χ2n) is 2.70. The third-order valence-corrected chi connectivity index (χ3v) is 2.21. The zero-order valence-corrected chi connectivity index (χ0v) is 8.28. The molecule has 11 heavy (non-hydrogen) atoms. The molecule has 0 radical (unpaired) electrons. The van der Waals surface area contributed by atoms with Crippen LogP contribution < -0.4 is 0 Å². The number of aryl methyl sites for hydroxylation is 1. The number of benzene rings is 1. The van der Waals surface area contributed by atoms with Gasteiger partial charge in [0.2, 0.25) is 0 Å². The normalized spacial score (nSPS) is 13.1. The summed E-state index contributed by atoms with van der Waals surface area (Å²) in [5, 5.41) is 1.02. The highest BCUT2D eigenvalue weighted by atomic mass is 35.5. The first-order valence-corrected chi connectivity index (χ1v) is 4.45. The minimum absolute atomic E-state index is 0.211. The lowest BCUT2D eigenvalue weighted by Gasteiger charge is -2.06. The maximum atomic E-state index is 5.98. The second-order valence-corrected chi connectivity index (χ2v) is 3.88. The molecular weight excluding hydrogens is 176 g/mol. The van der Waals surface area contributed by atoms with Gasteiger partial charge in [-0.2, -0.15) is 12.6 Å². The van der Waals surface area contributed by atoms with E-state index in [1.54, 1.807) is 0 Å². The van der Waals surface area contributed by atoms with E-state index in [2.05, 4.69) is 12.6 Å². The summed E-state index contributed by atoms with van der Waals surface area (Å²) in [6.45, 7) is 4.04. The van der Waals surface area contributed by atoms with Crippen LogP contribution >= 0.6 is 24.2 Å². The summed E-state index contributed by atoms with van der Waals surface area (Å²) >= 11 is 10.3. The van der Waals surface area contributed by atoms with E-state index in [-0.39, 0.29) is 5.25 Å². The number of rotatable bonds is 1. The zero-order chi connectivity index (χ0) is 8.43. The third kappa shape index (κ3) is 2.14. The maximum Gasteiger partial charge on any atom is 0.0451 e. The van der Waals surface area contributed by atoms with Crippen LogP contribution in [0.15, 0.2) is 18.2 Å². The Morgan fingerprint density at radius 1 is 1.45 bits per heavy atom. The largest absolute Gasteiger partial charge is 0.171 e. The Balaban J connectivity index is 3.09. The van der Waals surface area contributed by atoms with Crippen molar-refractivity contribution in [2.45, 2.75) is 19.1 Å². The number of thiol groups is 1. The molecular formula is C9H11ClS. The van der Waals surface area contributed by atoms with Gasteiger partial charge in [0.15, 0.2) is 0 Å². The summed E-state index contributed by atoms with van der Waals surface area (Å²) in [5.41, 5.74) is 2.29. The van der Waals surface area contributed by atoms with Crippen molar-refractivity contribution in [3.63, 3.8) is 0 Å². The van der Waals surface area contributed by atoms with E-state index in [9.17, 15) is 0 Å². The maximum absolute atomic E-state index is 5.98. The molecule has 0 heterocycles. The van der Waals surface area contributed by atoms with Crippen LogP contribution in [0.2, 0.25) is 5.02 Å². The summed E-state index contributed by atoms with van der Waals surface area (Å²) in [4.78, 5) is 0. The minimum Gasteiger partial charge on any atom is -0.171 e. The van der Waals surface area contributed by atoms with Gasteiger partial charge >= 0.3 is 0 Å². The second kappa shape index (κ2) is 3.51. The molecule has 0 fully saturated rings. The van der Waals surface area contributed by atoms with E-state index < -0.39 is 0 Å². The van der Waals surface area contributed by atoms with Gasteiger partial charge in [-0.15, -0.1) is 0 Å². The van der Waals surface area contributed by atoms with Crippen molar-refractivity contribution in [2.24, 2.45) is 0 Å². The molecule has 0 bridgehead atoms. The van der Waals surface area contributed by atoms with Gasteiger partial charge in [0.25, 0.3) is 0 Å². The van der Waals surface area contributed by atoms with Crippen LogP contribution in [0.3, 0.4) is 0 Å². The fourth-order valence-corrected chi connectivity index (χ4v) is 1.67. The lowest BCUT2D eigenvalue weighted by molar-refractivity contribution is 1.11. The summed E-state index contributed by atoms with van der Waals surface area (Å²) in [6, 6.07) is 6.03. The fourth-order valence-electron chi connectivity index (χ4n) is 0.971. The molecule has 60 valence electrons. The highest BCUT2D eigenvalue weighted by Crippen LogP contribution is 2.27. The standard InChI is InChI=1S/C9H11ClS/c1-6-3-4-8(7(2)11)9(10)5-6/h3-5,7,11H,1-2H3. The van der Waals surface area contributed by atoms with Crippen molar-refractivity contribution in [2.75, 3.05) is 0 Å². The smallest absolute Gasteiger partial charge is 0.0451 e. The Morgan fingerprint density at radius 2 is 2.09 bits per heavy atom. The van der Waals surface area contributed by atoms with Crippen molar-refractivity contribution in [1.29, 1.82) is 0 Å². The summed E-state index contributed by atoms with van der Waals surface area (Å²) < 4.78 is 0. The van der Waals surface area contributed by atoms with E-state index in [1.165, 1.54) is 5.56 Å². The first-order chi connectivity index (χ1) is 5.11. The molecule has 2 heteroatoms. The molecule has 0 nitrogen and oxygen atoms in total. The van der Waals surface area contributed by atoms with Gasteiger partial charge in [0.1, 0.15) is 0 Å². The van der Waals surface area contributed by atoms with Gasteiger partial charge < -0.3 is 0 Å². The molecule has 0 saturated heterocycles. The molecule has 0 aliphatic carbocycles. The van der Waals surface area contributed by atoms with Gasteiger partial charge in [-0.3, -0.25) is 0 Å². The predicted molar refractivity (Wildman–Crippen MR) is 53.6 cm³/mol. The van der Waals surface area contributed by atoms with Crippen molar-refractivity contribution in [3.05, 3.63) is 34.3 Å². The quantitative estimate of drug-likeness (QED) is 0.637. The lowest BCUT2D eigenvalue weighted by atomic mass is 10.1. The van der Waals surface area contributed by atoms with Gasteiger partial charge in [-0.05, 0) is 31.0 Å². The summed E-state index contributed by atoms with van der Waals surface area (Å²) in [6.07, 6.45) is 0. The SMILES string of the molecule is Cc1ccc(C(C)S)c(Cl)c1. The molecule has 1 unspecified atom stereocenters. The predicted octanol–water partition coefficient (Wildman–Crippen LogP) is 3.64. The van der Waals surface area contributed by atoms with Gasteiger partial charge in [0.05, 0.1) is 0 Å². The first-order valence-electron chi connectivity index (χ1n) is 3.55. The molecule has 1 rings (SSSR count). The molecule has 1 aromatic carbocycles. The van der Waals surface area contributed by atoms with Crippen LogP contribution in [0.5, 0.6) is 0 Å². The first kappa shape index (κ1) is 8.95. The van der Waals surface area contributed by atoms with Crippen LogP contribution in [0, 0.1) is 6.92 Å². The van der Waals surface area contributed by atoms with Crippen LogP contribution in [0.4, 0.5) is 0 Å².